The molecule has 0 spiro atoms. The lowest BCUT2D eigenvalue weighted by molar-refractivity contribution is 0.361. The molecule has 6 N–H and O–H groups in total. The third-order valence-electron chi connectivity index (χ3n) is 17.4. The summed E-state index contributed by atoms with van der Waals surface area (Å²) in [5.74, 6) is -8.81. The third-order valence-corrected chi connectivity index (χ3v) is 17.4. The van der Waals surface area contributed by atoms with Crippen molar-refractivity contribution < 1.29 is 71.4 Å². The van der Waals surface area contributed by atoms with Crippen LogP contribution in [0.2, 0.25) is 0 Å². The van der Waals surface area contributed by atoms with Crippen LogP contribution in [0.5, 0.6) is 69.8 Å². The van der Waals surface area contributed by atoms with Gasteiger partial charge in [0, 0.05) is 0 Å². The van der Waals surface area contributed by atoms with Gasteiger partial charge in [-0.1, -0.05) is 109 Å². The Morgan fingerprint density at radius 1 is 0.245 bits per heavy atom. The summed E-state index contributed by atoms with van der Waals surface area (Å²) in [5.41, 5.74) is -9.06. The van der Waals surface area contributed by atoms with Crippen LogP contribution in [0.4, 0.5) is 0 Å². The molecule has 0 radical (unpaired) electrons. The van der Waals surface area contributed by atoms with Crippen LogP contribution in [0.15, 0.2) is 274 Å². The maximum absolute atomic E-state index is 14.2. The molecule has 0 aliphatic heterocycles. The summed E-state index contributed by atoms with van der Waals surface area (Å²) in [7, 11) is 0. The SMILES string of the molecule is O=c1oc2ccccc2c(O)c1C(c1cccc(Oc2nc(Oc3cccc(C(c4c(O)c5ccccc5oc4=O)c4c(O)c5ccccc5oc4=O)c3)nc(Oc3cccc(C(c4c(O)c5ccccc5oc4=O)c4c(O)c5ccccc5oc4=O)c3)n2)c1)c1c(O)c2ccccc2oc1=O. The molecule has 7 heterocycles. The van der Waals surface area contributed by atoms with Crippen molar-refractivity contribution in [3.8, 4) is 69.8 Å². The summed E-state index contributed by atoms with van der Waals surface area (Å²) in [4.78, 5) is 99.0. The van der Waals surface area contributed by atoms with Crippen molar-refractivity contribution in [3.05, 3.63) is 331 Å². The number of hydrogen-bond donors (Lipinski definition) is 6. The zero-order valence-electron chi connectivity index (χ0n) is 52.2. The molecule has 0 unspecified atom stereocenters. The van der Waals surface area contributed by atoms with Crippen LogP contribution < -0.4 is 48.0 Å². The quantitative estimate of drug-likeness (QED) is 0.0519. The van der Waals surface area contributed by atoms with Crippen molar-refractivity contribution in [1.82, 2.24) is 15.0 Å². The van der Waals surface area contributed by atoms with Crippen molar-refractivity contribution in [2.75, 3.05) is 0 Å². The van der Waals surface area contributed by atoms with E-state index in [-0.39, 0.29) is 99.8 Å². The lowest BCUT2D eigenvalue weighted by atomic mass is 9.84. The van der Waals surface area contributed by atoms with E-state index in [1.807, 2.05) is 0 Å². The Kier molecular flexibility index (Phi) is 15.2. The number of para-hydroxylation sites is 6. The van der Waals surface area contributed by atoms with Crippen LogP contribution in [0.25, 0.3) is 65.8 Å². The fourth-order valence-electron chi connectivity index (χ4n) is 12.9. The van der Waals surface area contributed by atoms with Gasteiger partial charge in [-0.25, -0.2) is 28.8 Å². The predicted molar refractivity (Wildman–Crippen MR) is 367 cm³/mol. The molecule has 9 aromatic carbocycles. The number of hydrogen-bond acceptors (Lipinski definition) is 24. The summed E-state index contributed by atoms with van der Waals surface area (Å²) < 4.78 is 53.6. The van der Waals surface area contributed by atoms with E-state index >= 15 is 0 Å². The molecule has 16 aromatic rings. The van der Waals surface area contributed by atoms with E-state index in [0.29, 0.717) is 0 Å². The topological polar surface area (TPSA) is 369 Å². The first-order chi connectivity index (χ1) is 49.5. The minimum atomic E-state index is -1.64. The highest BCUT2D eigenvalue weighted by molar-refractivity contribution is 5.90. The first-order valence-corrected chi connectivity index (χ1v) is 31.1. The van der Waals surface area contributed by atoms with Gasteiger partial charge in [0.25, 0.3) is 0 Å². The maximum Gasteiger partial charge on any atom is 0.344 e. The zero-order valence-corrected chi connectivity index (χ0v) is 52.2. The zero-order chi connectivity index (χ0) is 70.2. The molecule has 0 saturated heterocycles. The summed E-state index contributed by atoms with van der Waals surface area (Å²) in [6, 6.07) is 52.1. The summed E-state index contributed by atoms with van der Waals surface area (Å²) in [6.07, 6.45) is 0. The molecule has 16 rings (SSSR count). The van der Waals surface area contributed by atoms with Gasteiger partial charge in [-0.05, 0) is 126 Å². The van der Waals surface area contributed by atoms with Crippen LogP contribution in [0.1, 0.15) is 67.8 Å². The third kappa shape index (κ3) is 10.8. The molecule has 102 heavy (non-hydrogen) atoms. The van der Waals surface area contributed by atoms with Crippen LogP contribution in [0, 0.1) is 0 Å². The van der Waals surface area contributed by atoms with Gasteiger partial charge in [-0.2, -0.15) is 0 Å². The minimum absolute atomic E-state index is 0.0143. The Balaban J connectivity index is 0.849. The summed E-state index contributed by atoms with van der Waals surface area (Å²) >= 11 is 0. The molecule has 0 bridgehead atoms. The van der Waals surface area contributed by atoms with Gasteiger partial charge in [0.15, 0.2) is 0 Å². The van der Waals surface area contributed by atoms with E-state index in [2.05, 4.69) is 15.0 Å². The van der Waals surface area contributed by atoms with Crippen molar-refractivity contribution in [2.45, 2.75) is 17.8 Å². The van der Waals surface area contributed by atoms with Crippen LogP contribution in [0.3, 0.4) is 0 Å². The number of aromatic nitrogens is 3. The van der Waals surface area contributed by atoms with Crippen molar-refractivity contribution in [1.29, 1.82) is 0 Å². The predicted octanol–water partition coefficient (Wildman–Crippen LogP) is 13.7. The van der Waals surface area contributed by atoms with Gasteiger partial charge in [0.05, 0.1) is 83.5 Å². The second kappa shape index (κ2) is 24.8. The molecule has 0 fully saturated rings. The van der Waals surface area contributed by atoms with Crippen LogP contribution in [-0.2, 0) is 0 Å². The smallest absolute Gasteiger partial charge is 0.344 e. The molecular weight excluding hydrogens is 1310 g/mol. The van der Waals surface area contributed by atoms with Gasteiger partial charge >= 0.3 is 51.8 Å². The van der Waals surface area contributed by atoms with E-state index in [1.165, 1.54) is 146 Å². The van der Waals surface area contributed by atoms with E-state index in [9.17, 15) is 59.4 Å². The van der Waals surface area contributed by atoms with E-state index in [1.54, 1.807) is 72.8 Å². The Morgan fingerprint density at radius 3 is 0.627 bits per heavy atom. The average molecular weight is 1360 g/mol. The number of aromatic hydroxyl groups is 6. The monoisotopic (exact) mass is 1360 g/mol. The number of ether oxygens (including phenoxy) is 3. The van der Waals surface area contributed by atoms with E-state index in [4.69, 9.17) is 40.7 Å². The molecule has 0 aliphatic rings. The van der Waals surface area contributed by atoms with Crippen molar-refractivity contribution >= 4 is 65.8 Å². The highest BCUT2D eigenvalue weighted by Gasteiger charge is 2.37. The molecule has 0 amide bonds. The minimum Gasteiger partial charge on any atom is -0.507 e. The van der Waals surface area contributed by atoms with Gasteiger partial charge in [0.2, 0.25) is 0 Å². The number of rotatable bonds is 15. The first kappa shape index (κ1) is 62.3. The fourth-order valence-corrected chi connectivity index (χ4v) is 12.9. The van der Waals surface area contributed by atoms with Gasteiger partial charge < -0.3 is 71.4 Å². The molecule has 0 aliphatic carbocycles. The first-order valence-electron chi connectivity index (χ1n) is 31.1. The lowest BCUT2D eigenvalue weighted by Crippen LogP contribution is -2.21. The number of nitrogens with zero attached hydrogens (tertiary/aromatic N) is 3. The average Bonchev–Trinajstić information content (AvgIpc) is 0.754. The summed E-state index contributed by atoms with van der Waals surface area (Å²) in [5, 5.41) is 72.7. The number of benzene rings is 9. The molecule has 7 aromatic heterocycles. The second-order valence-corrected chi connectivity index (χ2v) is 23.4. The number of fused-ring (bicyclic) bond motifs is 6. The fraction of sp³-hybridized carbons (Fsp3) is 0.0385. The Morgan fingerprint density at radius 2 is 0.431 bits per heavy atom. The summed E-state index contributed by atoms with van der Waals surface area (Å²) in [6.45, 7) is 0. The van der Waals surface area contributed by atoms with E-state index < -0.39 is 137 Å². The molecular formula is C78H45N3O21. The Labute approximate surface area is 568 Å². The molecule has 24 heteroatoms. The highest BCUT2D eigenvalue weighted by Crippen LogP contribution is 2.47. The van der Waals surface area contributed by atoms with Crippen LogP contribution >= 0.6 is 0 Å². The normalized spacial score (nSPS) is 11.7. The van der Waals surface area contributed by atoms with Crippen molar-refractivity contribution in [3.63, 3.8) is 0 Å². The largest absolute Gasteiger partial charge is 0.507 e. The highest BCUT2D eigenvalue weighted by atomic mass is 16.5. The van der Waals surface area contributed by atoms with Gasteiger partial charge in [-0.15, -0.1) is 15.0 Å². The Bertz CT molecular complexity index is 5620. The Hall–Kier alpha value is -14.6. The molecule has 0 atom stereocenters. The van der Waals surface area contributed by atoms with E-state index in [0.717, 1.165) is 0 Å². The maximum atomic E-state index is 14.2. The molecule has 498 valence electrons. The van der Waals surface area contributed by atoms with Crippen LogP contribution in [-0.4, -0.2) is 45.6 Å². The van der Waals surface area contributed by atoms with Crippen molar-refractivity contribution in [2.24, 2.45) is 0 Å². The molecule has 24 nitrogen and oxygen atoms in total. The second-order valence-electron chi connectivity index (χ2n) is 23.4. The standard InChI is InChI=1S/C78H45N3O21/c82-64-43-22-1-7-28-49(43)97-70(88)58(64)55(59-65(83)44-23-2-8-29-50(44)98-71(59)89)37-16-13-19-40(34-37)94-76-79-77(95-41-20-14-17-38(35-41)56(60-66(84)45-24-3-9-30-51(45)99-72(60)90)61-67(85)46-25-4-10-31-52(46)100-73(61)91)81-78(80-76)96-42-21-15-18-39(36-42)57(62-68(86)47-26-5-11-32-53(47)101-74(62)92)63-69(87)48-27-6-12-33-54(48)102-75(63)93/h1-36,55-57,82-87H. The lowest BCUT2D eigenvalue weighted by Gasteiger charge is -2.20. The molecule has 0 saturated carbocycles. The van der Waals surface area contributed by atoms with Gasteiger partial charge in [-0.3, -0.25) is 0 Å². The van der Waals surface area contributed by atoms with Gasteiger partial charge in [0.1, 0.15) is 85.2 Å².